The lowest BCUT2D eigenvalue weighted by molar-refractivity contribution is -0.119. The van der Waals surface area contributed by atoms with E-state index in [0.717, 1.165) is 17.7 Å². The third-order valence-corrected chi connectivity index (χ3v) is 5.25. The number of nitrogens with one attached hydrogen (secondary N) is 1. The molecule has 1 aromatic rings. The number of nitrogens with zero attached hydrogens (tertiary/aromatic N) is 1. The monoisotopic (exact) mass is 350 g/mol. The molecule has 0 spiro atoms. The van der Waals surface area contributed by atoms with Gasteiger partial charge in [-0.3, -0.25) is 4.79 Å². The van der Waals surface area contributed by atoms with Gasteiger partial charge in [0.2, 0.25) is 5.91 Å². The van der Waals surface area contributed by atoms with E-state index in [4.69, 9.17) is 4.74 Å². The van der Waals surface area contributed by atoms with Crippen LogP contribution < -0.4 is 5.32 Å². The van der Waals surface area contributed by atoms with Crippen molar-refractivity contribution in [1.29, 1.82) is 0 Å². The summed E-state index contributed by atoms with van der Waals surface area (Å²) in [5.74, 6) is 0.470. The van der Waals surface area contributed by atoms with Crippen LogP contribution in [0.5, 0.6) is 0 Å². The Morgan fingerprint density at radius 3 is 2.67 bits per heavy atom. The van der Waals surface area contributed by atoms with Crippen molar-refractivity contribution in [3.8, 4) is 0 Å². The Balaban J connectivity index is 1.74. The predicted octanol–water partition coefficient (Wildman–Crippen LogP) is 3.13. The number of piperidine rings is 1. The molecule has 0 atom stereocenters. The molecule has 0 radical (unpaired) electrons. The van der Waals surface area contributed by atoms with E-state index in [1.807, 2.05) is 0 Å². The average molecular weight is 350 g/mol. The molecule has 5 nitrogen and oxygen atoms in total. The highest BCUT2D eigenvalue weighted by atomic mass is 32.2. The van der Waals surface area contributed by atoms with Crippen LogP contribution in [0.2, 0.25) is 0 Å². The first-order valence-electron chi connectivity index (χ1n) is 8.40. The maximum absolute atomic E-state index is 12.2. The molecule has 1 aliphatic rings. The zero-order chi connectivity index (χ0) is 17.5. The number of ether oxygens (including phenoxy) is 1. The Morgan fingerprint density at radius 2 is 2.00 bits per heavy atom. The minimum Gasteiger partial charge on any atom is -0.450 e. The van der Waals surface area contributed by atoms with Crippen LogP contribution in [0.1, 0.15) is 30.9 Å². The maximum Gasteiger partial charge on any atom is 0.409 e. The first-order valence-corrected chi connectivity index (χ1v) is 9.39. The van der Waals surface area contributed by atoms with E-state index in [9.17, 15) is 9.59 Å². The van der Waals surface area contributed by atoms with Gasteiger partial charge in [-0.2, -0.15) is 0 Å². The summed E-state index contributed by atoms with van der Waals surface area (Å²) in [6, 6.07) is 6.42. The summed E-state index contributed by atoms with van der Waals surface area (Å²) in [5, 5.41) is 3.08. The van der Waals surface area contributed by atoms with Gasteiger partial charge in [0.05, 0.1) is 12.4 Å². The van der Waals surface area contributed by atoms with Crippen molar-refractivity contribution in [1.82, 2.24) is 10.2 Å². The van der Waals surface area contributed by atoms with Crippen molar-refractivity contribution >= 4 is 23.8 Å². The van der Waals surface area contributed by atoms with Crippen molar-refractivity contribution in [2.24, 2.45) is 0 Å². The average Bonchev–Trinajstić information content (AvgIpc) is 2.56. The van der Waals surface area contributed by atoms with Crippen LogP contribution in [0.3, 0.4) is 0 Å². The van der Waals surface area contributed by atoms with Gasteiger partial charge in [0.1, 0.15) is 0 Å². The van der Waals surface area contributed by atoms with Crippen molar-refractivity contribution in [3.63, 3.8) is 0 Å². The summed E-state index contributed by atoms with van der Waals surface area (Å²) in [6.07, 6.45) is 1.30. The van der Waals surface area contributed by atoms with Crippen LogP contribution in [-0.2, 0) is 9.53 Å². The fourth-order valence-corrected chi connectivity index (χ4v) is 3.63. The summed E-state index contributed by atoms with van der Waals surface area (Å²) in [7, 11) is 0. The van der Waals surface area contributed by atoms with Crippen LogP contribution in [0.4, 0.5) is 4.79 Å². The zero-order valence-electron chi connectivity index (χ0n) is 14.6. The summed E-state index contributed by atoms with van der Waals surface area (Å²) < 4.78 is 5.00. The number of rotatable bonds is 5. The van der Waals surface area contributed by atoms with E-state index in [2.05, 4.69) is 37.4 Å². The first kappa shape index (κ1) is 18.6. The molecule has 1 fully saturated rings. The van der Waals surface area contributed by atoms with Gasteiger partial charge in [0.25, 0.3) is 0 Å². The number of hydrogen-bond acceptors (Lipinski definition) is 4. The van der Waals surface area contributed by atoms with Gasteiger partial charge in [-0.15, -0.1) is 11.8 Å². The Bertz CT molecular complexity index is 584. The molecule has 0 saturated carbocycles. The molecular weight excluding hydrogens is 324 g/mol. The van der Waals surface area contributed by atoms with Crippen LogP contribution >= 0.6 is 11.8 Å². The summed E-state index contributed by atoms with van der Waals surface area (Å²) >= 11 is 1.57. The molecule has 24 heavy (non-hydrogen) atoms. The highest BCUT2D eigenvalue weighted by molar-refractivity contribution is 8.00. The smallest absolute Gasteiger partial charge is 0.409 e. The second kappa shape index (κ2) is 8.97. The van der Waals surface area contributed by atoms with Crippen molar-refractivity contribution in [3.05, 3.63) is 29.3 Å². The quantitative estimate of drug-likeness (QED) is 0.829. The number of amides is 2. The summed E-state index contributed by atoms with van der Waals surface area (Å²) in [5.41, 5.74) is 2.40. The molecule has 0 aliphatic carbocycles. The highest BCUT2D eigenvalue weighted by Gasteiger charge is 2.24. The molecule has 1 heterocycles. The Kier molecular flexibility index (Phi) is 6.97. The summed E-state index contributed by atoms with van der Waals surface area (Å²) in [4.78, 5) is 26.7. The lowest BCUT2D eigenvalue weighted by atomic mass is 10.1. The third-order valence-electron chi connectivity index (χ3n) is 4.09. The maximum atomic E-state index is 12.2. The second-order valence-electron chi connectivity index (χ2n) is 6.09. The SMILES string of the molecule is CCOC(=O)N1CCC(NC(=O)CSc2cc(C)ccc2C)CC1. The molecular formula is C18H26N2O3S. The van der Waals surface area contributed by atoms with Gasteiger partial charge in [-0.25, -0.2) is 4.79 Å². The van der Waals surface area contributed by atoms with Crippen molar-refractivity contribution in [2.75, 3.05) is 25.4 Å². The molecule has 1 aliphatic heterocycles. The number of hydrogen-bond donors (Lipinski definition) is 1. The van der Waals surface area contributed by atoms with Crippen LogP contribution in [0.25, 0.3) is 0 Å². The fourth-order valence-electron chi connectivity index (χ4n) is 2.70. The zero-order valence-corrected chi connectivity index (χ0v) is 15.4. The standard InChI is InChI=1S/C18H26N2O3S/c1-4-23-18(22)20-9-7-15(8-10-20)19-17(21)12-24-16-11-13(2)5-6-14(16)3/h5-6,11,15H,4,7-10,12H2,1-3H3,(H,19,21). The molecule has 132 valence electrons. The minimum atomic E-state index is -0.257. The molecule has 6 heteroatoms. The molecule has 0 unspecified atom stereocenters. The number of carbonyl (C=O) groups excluding carboxylic acids is 2. The highest BCUT2D eigenvalue weighted by Crippen LogP contribution is 2.23. The number of benzene rings is 1. The van der Waals surface area contributed by atoms with Crippen LogP contribution in [0, 0.1) is 13.8 Å². The van der Waals surface area contributed by atoms with Gasteiger partial charge < -0.3 is 15.0 Å². The lowest BCUT2D eigenvalue weighted by Crippen LogP contribution is -2.47. The molecule has 2 amide bonds. The van der Waals surface area contributed by atoms with Gasteiger partial charge in [-0.05, 0) is 45.2 Å². The molecule has 0 bridgehead atoms. The Hall–Kier alpha value is -1.69. The largest absolute Gasteiger partial charge is 0.450 e. The van der Waals surface area contributed by atoms with Crippen LogP contribution in [0.15, 0.2) is 23.1 Å². The van der Waals surface area contributed by atoms with E-state index >= 15 is 0 Å². The molecule has 1 saturated heterocycles. The number of carbonyl (C=O) groups is 2. The fraction of sp³-hybridized carbons (Fsp3) is 0.556. The van der Waals surface area contributed by atoms with Crippen molar-refractivity contribution < 1.29 is 14.3 Å². The van der Waals surface area contributed by atoms with E-state index < -0.39 is 0 Å². The van der Waals surface area contributed by atoms with Gasteiger partial charge >= 0.3 is 6.09 Å². The van der Waals surface area contributed by atoms with Gasteiger partial charge in [0, 0.05) is 24.0 Å². The first-order chi connectivity index (χ1) is 11.5. The number of aryl methyl sites for hydroxylation is 2. The molecule has 1 aromatic carbocycles. The second-order valence-corrected chi connectivity index (χ2v) is 7.10. The Labute approximate surface area is 148 Å². The molecule has 0 aromatic heterocycles. The molecule has 2 rings (SSSR count). The van der Waals surface area contributed by atoms with Gasteiger partial charge in [0.15, 0.2) is 0 Å². The van der Waals surface area contributed by atoms with Crippen molar-refractivity contribution in [2.45, 2.75) is 44.6 Å². The minimum absolute atomic E-state index is 0.0514. The normalized spacial score (nSPS) is 15.2. The molecule has 1 N–H and O–H groups in total. The van der Waals surface area contributed by atoms with E-state index in [-0.39, 0.29) is 18.0 Å². The number of likely N-dealkylation sites (tertiary alicyclic amines) is 1. The predicted molar refractivity (Wildman–Crippen MR) is 96.4 cm³/mol. The van der Waals surface area contributed by atoms with E-state index in [1.165, 1.54) is 11.1 Å². The third kappa shape index (κ3) is 5.44. The number of thioether (sulfide) groups is 1. The van der Waals surface area contributed by atoms with E-state index in [1.54, 1.807) is 23.6 Å². The topological polar surface area (TPSA) is 58.6 Å². The summed E-state index contributed by atoms with van der Waals surface area (Å²) in [6.45, 7) is 7.58. The van der Waals surface area contributed by atoms with E-state index in [0.29, 0.717) is 25.4 Å². The Morgan fingerprint density at radius 1 is 1.29 bits per heavy atom. The van der Waals surface area contributed by atoms with Crippen LogP contribution in [-0.4, -0.2) is 48.4 Å². The lowest BCUT2D eigenvalue weighted by Gasteiger charge is -2.31. The van der Waals surface area contributed by atoms with Gasteiger partial charge in [-0.1, -0.05) is 17.7 Å².